The SMILES string of the molecule is CC(C)(C)OC(=O)NN(c1ccccc1)c1ccc([N+](=O)[O-])cc1[N+](=O)[O-]. The minimum absolute atomic E-state index is 0.0531. The number of hydrazine groups is 1. The van der Waals surface area contributed by atoms with Gasteiger partial charge in [0, 0.05) is 6.07 Å². The fourth-order valence-electron chi connectivity index (χ4n) is 2.19. The summed E-state index contributed by atoms with van der Waals surface area (Å²) >= 11 is 0. The zero-order chi connectivity index (χ0) is 20.2. The van der Waals surface area contributed by atoms with E-state index in [4.69, 9.17) is 4.74 Å². The highest BCUT2D eigenvalue weighted by atomic mass is 16.6. The van der Waals surface area contributed by atoms with Crippen LogP contribution < -0.4 is 10.4 Å². The highest BCUT2D eigenvalue weighted by molar-refractivity contribution is 5.79. The highest BCUT2D eigenvalue weighted by Gasteiger charge is 2.27. The quantitative estimate of drug-likeness (QED) is 0.617. The van der Waals surface area contributed by atoms with Crippen molar-refractivity contribution in [2.45, 2.75) is 26.4 Å². The molecule has 10 heteroatoms. The standard InChI is InChI=1S/C17H18N4O6/c1-17(2,3)27-16(22)18-19(12-7-5-4-6-8-12)14-10-9-13(20(23)24)11-15(14)21(25)26/h4-11H,1-3H3,(H,18,22). The Morgan fingerprint density at radius 3 is 2.19 bits per heavy atom. The molecule has 0 atom stereocenters. The van der Waals surface area contributed by atoms with E-state index >= 15 is 0 Å². The van der Waals surface area contributed by atoms with E-state index in [-0.39, 0.29) is 5.69 Å². The summed E-state index contributed by atoms with van der Waals surface area (Å²) in [6, 6.07) is 11.5. The Hall–Kier alpha value is -3.69. The van der Waals surface area contributed by atoms with E-state index in [9.17, 15) is 25.0 Å². The highest BCUT2D eigenvalue weighted by Crippen LogP contribution is 2.35. The van der Waals surface area contributed by atoms with Gasteiger partial charge < -0.3 is 4.74 Å². The molecule has 0 aliphatic rings. The van der Waals surface area contributed by atoms with Crippen LogP contribution in [0.4, 0.5) is 27.5 Å². The first-order chi connectivity index (χ1) is 12.6. The second-order valence-electron chi connectivity index (χ2n) is 6.47. The first kappa shape index (κ1) is 19.6. The zero-order valence-corrected chi connectivity index (χ0v) is 14.9. The lowest BCUT2D eigenvalue weighted by atomic mass is 10.2. The molecule has 2 aromatic carbocycles. The molecule has 1 N–H and O–H groups in total. The third kappa shape index (κ3) is 5.14. The van der Waals surface area contributed by atoms with Crippen LogP contribution in [0.15, 0.2) is 48.5 Å². The minimum atomic E-state index is -0.834. The van der Waals surface area contributed by atoms with E-state index in [1.54, 1.807) is 51.1 Å². The van der Waals surface area contributed by atoms with Crippen LogP contribution in [-0.4, -0.2) is 21.5 Å². The number of ether oxygens (including phenoxy) is 1. The molecular weight excluding hydrogens is 356 g/mol. The molecule has 0 aromatic heterocycles. The lowest BCUT2D eigenvalue weighted by Crippen LogP contribution is -2.42. The number of rotatable bonds is 5. The van der Waals surface area contributed by atoms with Gasteiger partial charge in [0.1, 0.15) is 11.3 Å². The van der Waals surface area contributed by atoms with Crippen LogP contribution in [0.1, 0.15) is 20.8 Å². The Morgan fingerprint density at radius 2 is 1.67 bits per heavy atom. The van der Waals surface area contributed by atoms with Crippen LogP contribution in [0.2, 0.25) is 0 Å². The summed E-state index contributed by atoms with van der Waals surface area (Å²) in [4.78, 5) is 33.1. The Labute approximate surface area is 154 Å². The number of nitrogens with one attached hydrogen (secondary N) is 1. The monoisotopic (exact) mass is 374 g/mol. The molecule has 0 radical (unpaired) electrons. The number of hydrogen-bond donors (Lipinski definition) is 1. The van der Waals surface area contributed by atoms with Gasteiger partial charge in [-0.15, -0.1) is 0 Å². The second-order valence-corrected chi connectivity index (χ2v) is 6.47. The summed E-state index contributed by atoms with van der Waals surface area (Å²) in [6.07, 6.45) is -0.834. The van der Waals surface area contributed by atoms with Crippen molar-refractivity contribution in [1.82, 2.24) is 5.43 Å². The second kappa shape index (κ2) is 7.68. The predicted molar refractivity (Wildman–Crippen MR) is 97.7 cm³/mol. The number of carbonyl (C=O) groups excluding carboxylic acids is 1. The number of anilines is 2. The van der Waals surface area contributed by atoms with E-state index < -0.39 is 32.9 Å². The van der Waals surface area contributed by atoms with Crippen LogP contribution >= 0.6 is 0 Å². The van der Waals surface area contributed by atoms with Gasteiger partial charge in [0.15, 0.2) is 0 Å². The number of carbonyl (C=O) groups is 1. The summed E-state index contributed by atoms with van der Waals surface area (Å²) in [5.74, 6) is 0. The summed E-state index contributed by atoms with van der Waals surface area (Å²) in [5, 5.41) is 23.5. The van der Waals surface area contributed by atoms with Crippen molar-refractivity contribution in [3.63, 3.8) is 0 Å². The van der Waals surface area contributed by atoms with Gasteiger partial charge in [0.25, 0.3) is 5.69 Å². The molecule has 2 rings (SSSR count). The molecule has 10 nitrogen and oxygen atoms in total. The van der Waals surface area contributed by atoms with Gasteiger partial charge in [-0.1, -0.05) is 18.2 Å². The molecule has 0 bridgehead atoms. The van der Waals surface area contributed by atoms with Crippen molar-refractivity contribution in [1.29, 1.82) is 0 Å². The summed E-state index contributed by atoms with van der Waals surface area (Å²) in [7, 11) is 0. The van der Waals surface area contributed by atoms with Crippen molar-refractivity contribution in [3.8, 4) is 0 Å². The number of benzene rings is 2. The molecule has 0 saturated heterocycles. The van der Waals surface area contributed by atoms with E-state index in [0.717, 1.165) is 17.1 Å². The number of nitro groups is 2. The Morgan fingerprint density at radius 1 is 1.04 bits per heavy atom. The number of non-ortho nitro benzene ring substituents is 1. The summed E-state index contributed by atoms with van der Waals surface area (Å²) in [6.45, 7) is 5.02. The molecule has 0 aliphatic heterocycles. The molecule has 0 saturated carbocycles. The average molecular weight is 374 g/mol. The Balaban J connectivity index is 2.52. The minimum Gasteiger partial charge on any atom is -0.443 e. The van der Waals surface area contributed by atoms with Crippen LogP contribution in [0.5, 0.6) is 0 Å². The first-order valence-electron chi connectivity index (χ1n) is 7.86. The van der Waals surface area contributed by atoms with E-state index in [1.807, 2.05) is 0 Å². The molecule has 142 valence electrons. The van der Waals surface area contributed by atoms with Crippen LogP contribution in [0.25, 0.3) is 0 Å². The van der Waals surface area contributed by atoms with Gasteiger partial charge >= 0.3 is 11.8 Å². The zero-order valence-electron chi connectivity index (χ0n) is 14.9. The van der Waals surface area contributed by atoms with Gasteiger partial charge in [-0.05, 0) is 39.0 Å². The van der Waals surface area contributed by atoms with Gasteiger partial charge in [0.05, 0.1) is 21.6 Å². The molecule has 0 spiro atoms. The van der Waals surface area contributed by atoms with E-state index in [2.05, 4.69) is 5.43 Å². The molecule has 0 aliphatic carbocycles. The molecule has 0 fully saturated rings. The van der Waals surface area contributed by atoms with Crippen LogP contribution in [0, 0.1) is 20.2 Å². The van der Waals surface area contributed by atoms with E-state index in [1.165, 1.54) is 6.07 Å². The molecular formula is C17H18N4O6. The van der Waals surface area contributed by atoms with Crippen molar-refractivity contribution in [2.24, 2.45) is 0 Å². The largest absolute Gasteiger partial charge is 0.443 e. The maximum atomic E-state index is 12.2. The maximum absolute atomic E-state index is 12.2. The van der Waals surface area contributed by atoms with Crippen LogP contribution in [-0.2, 0) is 4.74 Å². The molecule has 0 heterocycles. The molecule has 1 amide bonds. The fourth-order valence-corrected chi connectivity index (χ4v) is 2.19. The third-order valence-corrected chi connectivity index (χ3v) is 3.22. The fraction of sp³-hybridized carbons (Fsp3) is 0.235. The van der Waals surface area contributed by atoms with Gasteiger partial charge in [0.2, 0.25) is 0 Å². The number of para-hydroxylation sites is 1. The number of amides is 1. The predicted octanol–water partition coefficient (Wildman–Crippen LogP) is 4.08. The molecule has 2 aromatic rings. The van der Waals surface area contributed by atoms with Crippen molar-refractivity contribution >= 4 is 28.8 Å². The summed E-state index contributed by atoms with van der Waals surface area (Å²) in [5.41, 5.74) is 1.04. The third-order valence-electron chi connectivity index (χ3n) is 3.22. The van der Waals surface area contributed by atoms with Gasteiger partial charge in [-0.3, -0.25) is 20.2 Å². The lowest BCUT2D eigenvalue weighted by Gasteiger charge is -2.27. The van der Waals surface area contributed by atoms with Crippen LogP contribution in [0.3, 0.4) is 0 Å². The number of nitro benzene ring substituents is 2. The van der Waals surface area contributed by atoms with E-state index in [0.29, 0.717) is 5.69 Å². The van der Waals surface area contributed by atoms with Gasteiger partial charge in [-0.2, -0.15) is 0 Å². The Bertz CT molecular complexity index is 863. The first-order valence-corrected chi connectivity index (χ1v) is 7.86. The number of nitrogens with zero attached hydrogens (tertiary/aromatic N) is 3. The average Bonchev–Trinajstić information content (AvgIpc) is 2.58. The van der Waals surface area contributed by atoms with Crippen molar-refractivity contribution < 1.29 is 19.4 Å². The lowest BCUT2D eigenvalue weighted by molar-refractivity contribution is -0.393. The normalized spacial score (nSPS) is 10.8. The van der Waals surface area contributed by atoms with Crippen molar-refractivity contribution in [2.75, 3.05) is 5.01 Å². The van der Waals surface area contributed by atoms with Gasteiger partial charge in [-0.25, -0.2) is 15.2 Å². The molecule has 0 unspecified atom stereocenters. The number of hydrogen-bond acceptors (Lipinski definition) is 7. The molecule has 27 heavy (non-hydrogen) atoms. The van der Waals surface area contributed by atoms with Crippen molar-refractivity contribution in [3.05, 3.63) is 68.8 Å². The topological polar surface area (TPSA) is 128 Å². The smallest absolute Gasteiger partial charge is 0.426 e. The summed E-state index contributed by atoms with van der Waals surface area (Å²) < 4.78 is 5.20. The Kier molecular flexibility index (Phi) is 5.59. The maximum Gasteiger partial charge on any atom is 0.426 e.